The molecule has 0 saturated heterocycles. The van der Waals surface area contributed by atoms with E-state index in [4.69, 9.17) is 5.26 Å². The van der Waals surface area contributed by atoms with Crippen LogP contribution in [0.2, 0.25) is 0 Å². The molecule has 6 nitrogen and oxygen atoms in total. The lowest BCUT2D eigenvalue weighted by Crippen LogP contribution is -2.14. The van der Waals surface area contributed by atoms with Crippen molar-refractivity contribution < 1.29 is 4.79 Å². The van der Waals surface area contributed by atoms with E-state index in [0.29, 0.717) is 17.1 Å². The number of hydrogen-bond donors (Lipinski definition) is 2. The molecule has 0 radical (unpaired) electrons. The van der Waals surface area contributed by atoms with Crippen LogP contribution in [-0.2, 0) is 0 Å². The summed E-state index contributed by atoms with van der Waals surface area (Å²) in [6, 6.07) is 18.2. The Morgan fingerprint density at radius 2 is 1.75 bits per heavy atom. The van der Waals surface area contributed by atoms with Crippen LogP contribution in [0.15, 0.2) is 67.0 Å². The minimum absolute atomic E-state index is 0.218. The van der Waals surface area contributed by atoms with Gasteiger partial charge in [0.25, 0.3) is 5.91 Å². The lowest BCUT2D eigenvalue weighted by molar-refractivity contribution is 0.102. The van der Waals surface area contributed by atoms with E-state index in [1.807, 2.05) is 24.3 Å². The Bertz CT molecular complexity index is 885. The highest BCUT2D eigenvalue weighted by Crippen LogP contribution is 2.15. The zero-order chi connectivity index (χ0) is 16.8. The second kappa shape index (κ2) is 7.03. The monoisotopic (exact) mass is 315 g/mol. The van der Waals surface area contributed by atoms with Gasteiger partial charge in [-0.3, -0.25) is 4.79 Å². The average Bonchev–Trinajstić information content (AvgIpc) is 2.63. The molecule has 0 spiro atoms. The predicted molar refractivity (Wildman–Crippen MR) is 90.9 cm³/mol. The summed E-state index contributed by atoms with van der Waals surface area (Å²) in [5.41, 5.74) is 2.19. The standard InChI is InChI=1S/C18H13N5O/c19-10-13-5-4-8-15(9-13)22-17-12-20-16(11-21-17)18(24)23-14-6-2-1-3-7-14/h1-9,11-12H,(H,21,22)(H,23,24). The first-order chi connectivity index (χ1) is 11.7. The number of anilines is 3. The normalized spacial score (nSPS) is 9.79. The van der Waals surface area contributed by atoms with E-state index in [1.54, 1.807) is 30.3 Å². The molecule has 0 unspecified atom stereocenters. The van der Waals surface area contributed by atoms with Gasteiger partial charge in [-0.1, -0.05) is 24.3 Å². The summed E-state index contributed by atoms with van der Waals surface area (Å²) in [5.74, 6) is 0.160. The predicted octanol–water partition coefficient (Wildman–Crippen LogP) is 3.34. The number of amides is 1. The van der Waals surface area contributed by atoms with E-state index >= 15 is 0 Å². The van der Waals surface area contributed by atoms with E-state index in [-0.39, 0.29) is 11.6 Å². The number of carbonyl (C=O) groups excluding carboxylic acids is 1. The van der Waals surface area contributed by atoms with Crippen molar-refractivity contribution in [2.45, 2.75) is 0 Å². The van der Waals surface area contributed by atoms with Crippen LogP contribution in [0.1, 0.15) is 16.1 Å². The average molecular weight is 315 g/mol. The second-order valence-corrected chi connectivity index (χ2v) is 4.92. The van der Waals surface area contributed by atoms with E-state index in [0.717, 1.165) is 5.69 Å². The van der Waals surface area contributed by atoms with Crippen LogP contribution in [0.4, 0.5) is 17.2 Å². The summed E-state index contributed by atoms with van der Waals surface area (Å²) < 4.78 is 0. The molecule has 3 rings (SSSR count). The molecular formula is C18H13N5O. The third kappa shape index (κ3) is 3.72. The number of hydrogen-bond acceptors (Lipinski definition) is 5. The summed E-state index contributed by atoms with van der Waals surface area (Å²) in [7, 11) is 0. The van der Waals surface area contributed by atoms with Gasteiger partial charge in [-0.15, -0.1) is 0 Å². The van der Waals surface area contributed by atoms with E-state index in [2.05, 4.69) is 26.7 Å². The van der Waals surface area contributed by atoms with Gasteiger partial charge >= 0.3 is 0 Å². The summed E-state index contributed by atoms with van der Waals surface area (Å²) in [6.45, 7) is 0. The molecule has 0 bridgehead atoms. The Morgan fingerprint density at radius 3 is 2.46 bits per heavy atom. The number of para-hydroxylation sites is 1. The first-order valence-electron chi connectivity index (χ1n) is 7.20. The smallest absolute Gasteiger partial charge is 0.275 e. The SMILES string of the molecule is N#Cc1cccc(Nc2cnc(C(=O)Nc3ccccc3)cn2)c1. The van der Waals surface area contributed by atoms with Gasteiger partial charge in [0.1, 0.15) is 11.5 Å². The first kappa shape index (κ1) is 15.2. The largest absolute Gasteiger partial charge is 0.339 e. The van der Waals surface area contributed by atoms with E-state index < -0.39 is 0 Å². The van der Waals surface area contributed by atoms with Gasteiger partial charge in [-0.25, -0.2) is 9.97 Å². The first-order valence-corrected chi connectivity index (χ1v) is 7.20. The molecule has 0 aliphatic carbocycles. The van der Waals surface area contributed by atoms with Crippen molar-refractivity contribution >= 4 is 23.1 Å². The summed E-state index contributed by atoms with van der Waals surface area (Å²) >= 11 is 0. The molecule has 1 aromatic heterocycles. The molecule has 2 N–H and O–H groups in total. The Hall–Kier alpha value is -3.72. The molecular weight excluding hydrogens is 302 g/mol. The fourth-order valence-corrected chi connectivity index (χ4v) is 2.04. The fraction of sp³-hybridized carbons (Fsp3) is 0. The molecule has 0 aliphatic heterocycles. The van der Waals surface area contributed by atoms with Crippen LogP contribution in [-0.4, -0.2) is 15.9 Å². The summed E-state index contributed by atoms with van der Waals surface area (Å²) in [5, 5.41) is 14.7. The fourth-order valence-electron chi connectivity index (χ4n) is 2.04. The van der Waals surface area contributed by atoms with Gasteiger partial charge in [0.05, 0.1) is 24.0 Å². The van der Waals surface area contributed by atoms with Gasteiger partial charge in [0.2, 0.25) is 0 Å². The third-order valence-corrected chi connectivity index (χ3v) is 3.18. The highest BCUT2D eigenvalue weighted by atomic mass is 16.1. The van der Waals surface area contributed by atoms with Crippen molar-refractivity contribution in [3.8, 4) is 6.07 Å². The quantitative estimate of drug-likeness (QED) is 0.770. The zero-order valence-corrected chi connectivity index (χ0v) is 12.6. The minimum atomic E-state index is -0.327. The summed E-state index contributed by atoms with van der Waals surface area (Å²) in [6.07, 6.45) is 2.87. The minimum Gasteiger partial charge on any atom is -0.339 e. The molecule has 1 heterocycles. The van der Waals surface area contributed by atoms with Crippen LogP contribution in [0, 0.1) is 11.3 Å². The van der Waals surface area contributed by atoms with Crippen molar-refractivity contribution in [2.75, 3.05) is 10.6 Å². The number of carbonyl (C=O) groups is 1. The molecule has 3 aromatic rings. The number of nitriles is 1. The molecule has 0 aliphatic rings. The van der Waals surface area contributed by atoms with Gasteiger partial charge < -0.3 is 10.6 Å². The van der Waals surface area contributed by atoms with Crippen LogP contribution < -0.4 is 10.6 Å². The summed E-state index contributed by atoms with van der Waals surface area (Å²) in [4.78, 5) is 20.4. The molecule has 2 aromatic carbocycles. The van der Waals surface area contributed by atoms with E-state index in [1.165, 1.54) is 12.4 Å². The number of rotatable bonds is 4. The zero-order valence-electron chi connectivity index (χ0n) is 12.6. The molecule has 6 heteroatoms. The molecule has 24 heavy (non-hydrogen) atoms. The highest BCUT2D eigenvalue weighted by Gasteiger charge is 2.08. The van der Waals surface area contributed by atoms with Crippen molar-refractivity contribution in [2.24, 2.45) is 0 Å². The lowest BCUT2D eigenvalue weighted by Gasteiger charge is -2.07. The lowest BCUT2D eigenvalue weighted by atomic mass is 10.2. The highest BCUT2D eigenvalue weighted by molar-refractivity contribution is 6.02. The third-order valence-electron chi connectivity index (χ3n) is 3.18. The molecule has 0 atom stereocenters. The maximum atomic E-state index is 12.1. The number of benzene rings is 2. The van der Waals surface area contributed by atoms with Crippen LogP contribution in [0.25, 0.3) is 0 Å². The van der Waals surface area contributed by atoms with Gasteiger partial charge in [0.15, 0.2) is 0 Å². The van der Waals surface area contributed by atoms with Crippen molar-refractivity contribution in [1.29, 1.82) is 5.26 Å². The Balaban J connectivity index is 1.69. The van der Waals surface area contributed by atoms with Crippen molar-refractivity contribution in [3.05, 3.63) is 78.2 Å². The van der Waals surface area contributed by atoms with Crippen LogP contribution in [0.5, 0.6) is 0 Å². The topological polar surface area (TPSA) is 90.7 Å². The number of nitrogens with zero attached hydrogens (tertiary/aromatic N) is 3. The van der Waals surface area contributed by atoms with Crippen LogP contribution >= 0.6 is 0 Å². The second-order valence-electron chi connectivity index (χ2n) is 4.92. The van der Waals surface area contributed by atoms with Gasteiger partial charge in [-0.05, 0) is 30.3 Å². The van der Waals surface area contributed by atoms with Gasteiger partial charge in [-0.2, -0.15) is 5.26 Å². The molecule has 1 amide bonds. The Morgan fingerprint density at radius 1 is 0.958 bits per heavy atom. The maximum absolute atomic E-state index is 12.1. The van der Waals surface area contributed by atoms with Gasteiger partial charge in [0, 0.05) is 11.4 Å². The molecule has 116 valence electrons. The Kier molecular flexibility index (Phi) is 4.45. The Labute approximate surface area is 138 Å². The van der Waals surface area contributed by atoms with Crippen LogP contribution in [0.3, 0.4) is 0 Å². The van der Waals surface area contributed by atoms with Crippen molar-refractivity contribution in [1.82, 2.24) is 9.97 Å². The van der Waals surface area contributed by atoms with E-state index in [9.17, 15) is 4.79 Å². The molecule has 0 saturated carbocycles. The number of nitrogens with one attached hydrogen (secondary N) is 2. The maximum Gasteiger partial charge on any atom is 0.275 e. The van der Waals surface area contributed by atoms with Crippen molar-refractivity contribution in [3.63, 3.8) is 0 Å². The molecule has 0 fully saturated rings. The number of aromatic nitrogens is 2.